The zero-order valence-electron chi connectivity index (χ0n) is 17.5. The van der Waals surface area contributed by atoms with Gasteiger partial charge in [-0.25, -0.2) is 9.78 Å². The number of anilines is 1. The fourth-order valence-corrected chi connectivity index (χ4v) is 3.83. The highest BCUT2D eigenvalue weighted by Gasteiger charge is 2.16. The van der Waals surface area contributed by atoms with Gasteiger partial charge in [0.2, 0.25) is 0 Å². The molecule has 2 aliphatic rings. The van der Waals surface area contributed by atoms with Crippen LogP contribution in [-0.2, 0) is 6.54 Å². The van der Waals surface area contributed by atoms with E-state index in [1.165, 1.54) is 19.3 Å². The molecule has 1 atom stereocenters. The number of fused-ring (bicyclic) bond motifs is 1. The fraction of sp³-hybridized carbons (Fsp3) is 0.478. The molecule has 0 aliphatic carbocycles. The van der Waals surface area contributed by atoms with Crippen molar-refractivity contribution in [3.05, 3.63) is 47.7 Å². The Labute approximate surface area is 177 Å². The smallest absolute Gasteiger partial charge is 0.315 e. The number of nitrogens with zero attached hydrogens (tertiary/aromatic N) is 2. The second kappa shape index (κ2) is 9.69. The predicted octanol–water partition coefficient (Wildman–Crippen LogP) is 3.79. The van der Waals surface area contributed by atoms with E-state index in [-0.39, 0.29) is 12.1 Å². The van der Waals surface area contributed by atoms with Gasteiger partial charge in [0, 0.05) is 32.3 Å². The van der Waals surface area contributed by atoms with Crippen molar-refractivity contribution in [1.29, 1.82) is 0 Å². The summed E-state index contributed by atoms with van der Waals surface area (Å²) in [7, 11) is 0. The second-order valence-corrected chi connectivity index (χ2v) is 7.88. The van der Waals surface area contributed by atoms with Crippen molar-refractivity contribution in [3.8, 4) is 11.5 Å². The highest BCUT2D eigenvalue weighted by atomic mass is 16.5. The molecule has 1 aromatic heterocycles. The molecule has 30 heavy (non-hydrogen) atoms. The first kappa shape index (κ1) is 20.3. The average Bonchev–Trinajstić information content (AvgIpc) is 3.03. The molecule has 4 rings (SSSR count). The first-order chi connectivity index (χ1) is 14.7. The van der Waals surface area contributed by atoms with Gasteiger partial charge in [-0.15, -0.1) is 0 Å². The van der Waals surface area contributed by atoms with Crippen LogP contribution in [0, 0.1) is 0 Å². The van der Waals surface area contributed by atoms with E-state index in [0.29, 0.717) is 19.8 Å². The van der Waals surface area contributed by atoms with Crippen molar-refractivity contribution >= 4 is 11.8 Å². The SMILES string of the molecule is CC(NC(=O)NCc1ccnc(N2CCCCC2)c1)c1ccc2c(c1)OCCCO2. The van der Waals surface area contributed by atoms with Gasteiger partial charge in [-0.2, -0.15) is 0 Å². The molecule has 0 spiro atoms. The second-order valence-electron chi connectivity index (χ2n) is 7.88. The molecule has 2 aromatic rings. The number of ether oxygens (including phenoxy) is 2. The van der Waals surface area contributed by atoms with Crippen LogP contribution in [0.5, 0.6) is 11.5 Å². The van der Waals surface area contributed by atoms with Gasteiger partial charge in [-0.05, 0) is 61.6 Å². The molecule has 7 heteroatoms. The summed E-state index contributed by atoms with van der Waals surface area (Å²) in [6, 6.07) is 9.48. The number of amides is 2. The van der Waals surface area contributed by atoms with E-state index in [2.05, 4.69) is 26.6 Å². The van der Waals surface area contributed by atoms with Crippen LogP contribution >= 0.6 is 0 Å². The summed E-state index contributed by atoms with van der Waals surface area (Å²) in [4.78, 5) is 19.2. The molecule has 7 nitrogen and oxygen atoms in total. The maximum atomic E-state index is 12.4. The van der Waals surface area contributed by atoms with E-state index in [4.69, 9.17) is 9.47 Å². The van der Waals surface area contributed by atoms with Gasteiger partial charge in [0.15, 0.2) is 11.5 Å². The number of carbonyl (C=O) groups excluding carboxylic acids is 1. The van der Waals surface area contributed by atoms with E-state index >= 15 is 0 Å². The van der Waals surface area contributed by atoms with Crippen molar-refractivity contribution in [3.63, 3.8) is 0 Å². The number of hydrogen-bond donors (Lipinski definition) is 2. The lowest BCUT2D eigenvalue weighted by Gasteiger charge is -2.28. The molecule has 1 aromatic carbocycles. The molecule has 2 aliphatic heterocycles. The minimum atomic E-state index is -0.203. The Kier molecular flexibility index (Phi) is 6.57. The van der Waals surface area contributed by atoms with Crippen LogP contribution in [0.25, 0.3) is 0 Å². The molecule has 1 unspecified atom stereocenters. The highest BCUT2D eigenvalue weighted by molar-refractivity contribution is 5.74. The number of benzene rings is 1. The standard InChI is InChI=1S/C23H30N4O3/c1-17(19-6-7-20-21(15-19)30-13-5-12-29-20)26-23(28)25-16-18-8-9-24-22(14-18)27-10-3-2-4-11-27/h6-9,14-15,17H,2-5,10-13,16H2,1H3,(H2,25,26,28). The van der Waals surface area contributed by atoms with Gasteiger partial charge in [0.05, 0.1) is 19.3 Å². The van der Waals surface area contributed by atoms with Crippen LogP contribution in [0.1, 0.15) is 49.8 Å². The Morgan fingerprint density at radius 3 is 2.70 bits per heavy atom. The van der Waals surface area contributed by atoms with Gasteiger partial charge >= 0.3 is 6.03 Å². The van der Waals surface area contributed by atoms with Gasteiger partial charge in [0.1, 0.15) is 5.82 Å². The third-order valence-corrected chi connectivity index (χ3v) is 5.56. The number of aromatic nitrogens is 1. The molecule has 3 heterocycles. The van der Waals surface area contributed by atoms with Crippen LogP contribution in [0.2, 0.25) is 0 Å². The van der Waals surface area contributed by atoms with E-state index < -0.39 is 0 Å². The molecule has 0 radical (unpaired) electrons. The molecule has 1 saturated heterocycles. The maximum Gasteiger partial charge on any atom is 0.315 e. The number of piperidine rings is 1. The molecule has 0 bridgehead atoms. The van der Waals surface area contributed by atoms with Crippen LogP contribution in [0.4, 0.5) is 10.6 Å². The Morgan fingerprint density at radius 1 is 1.07 bits per heavy atom. The number of urea groups is 1. The molecular formula is C23H30N4O3. The minimum absolute atomic E-state index is 0.150. The summed E-state index contributed by atoms with van der Waals surface area (Å²) < 4.78 is 11.4. The lowest BCUT2D eigenvalue weighted by atomic mass is 10.1. The third-order valence-electron chi connectivity index (χ3n) is 5.56. The van der Waals surface area contributed by atoms with Crippen LogP contribution in [0.3, 0.4) is 0 Å². The Balaban J connectivity index is 1.31. The summed E-state index contributed by atoms with van der Waals surface area (Å²) in [6.07, 6.45) is 6.40. The minimum Gasteiger partial charge on any atom is -0.490 e. The van der Waals surface area contributed by atoms with E-state index in [9.17, 15) is 4.79 Å². The summed E-state index contributed by atoms with van der Waals surface area (Å²) in [5.41, 5.74) is 2.02. The molecule has 1 fully saturated rings. The topological polar surface area (TPSA) is 75.7 Å². The zero-order chi connectivity index (χ0) is 20.8. The molecular weight excluding hydrogens is 380 g/mol. The fourth-order valence-electron chi connectivity index (χ4n) is 3.83. The van der Waals surface area contributed by atoms with Crippen LogP contribution in [0.15, 0.2) is 36.5 Å². The lowest BCUT2D eigenvalue weighted by Crippen LogP contribution is -2.36. The summed E-state index contributed by atoms with van der Waals surface area (Å²) >= 11 is 0. The van der Waals surface area contributed by atoms with Crippen LogP contribution in [-0.4, -0.2) is 37.3 Å². The normalized spacial score (nSPS) is 17.0. The monoisotopic (exact) mass is 410 g/mol. The highest BCUT2D eigenvalue weighted by Crippen LogP contribution is 2.32. The average molecular weight is 411 g/mol. The summed E-state index contributed by atoms with van der Waals surface area (Å²) in [5.74, 6) is 2.49. The third kappa shape index (κ3) is 5.14. The Hall–Kier alpha value is -2.96. The van der Waals surface area contributed by atoms with E-state index in [1.54, 1.807) is 0 Å². The van der Waals surface area contributed by atoms with Gasteiger partial charge in [-0.3, -0.25) is 0 Å². The predicted molar refractivity (Wildman–Crippen MR) is 116 cm³/mol. The van der Waals surface area contributed by atoms with Crippen molar-refractivity contribution in [2.24, 2.45) is 0 Å². The number of nitrogens with one attached hydrogen (secondary N) is 2. The Morgan fingerprint density at radius 2 is 1.87 bits per heavy atom. The summed E-state index contributed by atoms with van der Waals surface area (Å²) in [6.45, 7) is 5.83. The lowest BCUT2D eigenvalue weighted by molar-refractivity contribution is 0.237. The van der Waals surface area contributed by atoms with Crippen molar-refractivity contribution in [1.82, 2.24) is 15.6 Å². The van der Waals surface area contributed by atoms with Crippen molar-refractivity contribution in [2.75, 3.05) is 31.2 Å². The van der Waals surface area contributed by atoms with E-state index in [1.807, 2.05) is 37.4 Å². The van der Waals surface area contributed by atoms with Gasteiger partial charge in [-0.1, -0.05) is 6.07 Å². The molecule has 2 amide bonds. The maximum absolute atomic E-state index is 12.4. The largest absolute Gasteiger partial charge is 0.490 e. The Bertz CT molecular complexity index is 867. The molecule has 160 valence electrons. The van der Waals surface area contributed by atoms with Crippen LogP contribution < -0.4 is 25.0 Å². The summed E-state index contributed by atoms with van der Waals surface area (Å²) in [5, 5.41) is 5.94. The number of rotatable bonds is 5. The number of hydrogen-bond acceptors (Lipinski definition) is 5. The molecule has 2 N–H and O–H groups in total. The first-order valence-corrected chi connectivity index (χ1v) is 10.8. The van der Waals surface area contributed by atoms with Crippen molar-refractivity contribution < 1.29 is 14.3 Å². The number of pyridine rings is 1. The molecule has 0 saturated carbocycles. The number of carbonyl (C=O) groups is 1. The van der Waals surface area contributed by atoms with Crippen molar-refractivity contribution in [2.45, 2.75) is 45.2 Å². The van der Waals surface area contributed by atoms with Gasteiger partial charge in [0.25, 0.3) is 0 Å². The zero-order valence-corrected chi connectivity index (χ0v) is 17.5. The van der Waals surface area contributed by atoms with E-state index in [0.717, 1.165) is 48.0 Å². The van der Waals surface area contributed by atoms with Gasteiger partial charge < -0.3 is 25.0 Å². The first-order valence-electron chi connectivity index (χ1n) is 10.8. The quantitative estimate of drug-likeness (QED) is 0.784.